The van der Waals surface area contributed by atoms with Crippen molar-refractivity contribution in [2.45, 2.75) is 334 Å². The quantitative estimate of drug-likeness (QED) is 0.0256. The highest BCUT2D eigenvalue weighted by molar-refractivity contribution is 5.70. The highest BCUT2D eigenvalue weighted by Crippen LogP contribution is 2.19. The maximum atomic E-state index is 12.8. The first-order valence-electron chi connectivity index (χ1n) is 31.2. The standard InChI is InChI=1S/C62H121NO8/c1-6-8-10-12-14-16-17-18-19-20-21-22-23-24-25-26-27-28-29-30-31-32-33-34-35-36-37-38-39-40-41-42-43-44-45-47-49-51-53-60(65)71-58(57-70-62(61(66)67)68-55-54-63(3,4)5)56-69-59(64)52-50-48-46-15-13-11-9-7-2/h58,62H,6-57H2,1-5H3. The highest BCUT2D eigenvalue weighted by atomic mass is 16.7. The van der Waals surface area contributed by atoms with Crippen molar-refractivity contribution in [3.63, 3.8) is 0 Å². The van der Waals surface area contributed by atoms with Crippen LogP contribution in [-0.4, -0.2) is 82.3 Å². The normalized spacial score (nSPS) is 12.6. The molecule has 0 aliphatic heterocycles. The van der Waals surface area contributed by atoms with Crippen LogP contribution >= 0.6 is 0 Å². The fraction of sp³-hybridized carbons (Fsp3) is 0.952. The molecule has 0 aliphatic carbocycles. The Labute approximate surface area is 441 Å². The van der Waals surface area contributed by atoms with E-state index < -0.39 is 24.3 Å². The van der Waals surface area contributed by atoms with Crippen LogP contribution in [0.15, 0.2) is 0 Å². The predicted molar refractivity (Wildman–Crippen MR) is 297 cm³/mol. The SMILES string of the molecule is CCCCCCCCCCCCCCCCCCCCCCCCCCCCCCCCCCCCCCCCC(=O)OC(COC(=O)CCCCCCCCCC)COC(OCC[N+](C)(C)C)C(=O)[O-]. The second kappa shape index (κ2) is 54.5. The summed E-state index contributed by atoms with van der Waals surface area (Å²) in [5.41, 5.74) is 0. The van der Waals surface area contributed by atoms with Gasteiger partial charge in [-0.25, -0.2) is 0 Å². The van der Waals surface area contributed by atoms with Gasteiger partial charge in [0, 0.05) is 12.8 Å². The third-order valence-corrected chi connectivity index (χ3v) is 14.4. The first kappa shape index (κ1) is 69.3. The lowest BCUT2D eigenvalue weighted by Gasteiger charge is -2.26. The van der Waals surface area contributed by atoms with Gasteiger partial charge in [0.1, 0.15) is 13.2 Å². The first-order chi connectivity index (χ1) is 34.6. The highest BCUT2D eigenvalue weighted by Gasteiger charge is 2.22. The summed E-state index contributed by atoms with van der Waals surface area (Å²) in [6.07, 6.45) is 59.4. The van der Waals surface area contributed by atoms with Crippen molar-refractivity contribution < 1.29 is 42.9 Å². The topological polar surface area (TPSA) is 111 Å². The number of hydrogen-bond acceptors (Lipinski definition) is 8. The summed E-state index contributed by atoms with van der Waals surface area (Å²) in [7, 11) is 5.92. The van der Waals surface area contributed by atoms with Crippen molar-refractivity contribution in [2.75, 3.05) is 47.5 Å². The molecule has 0 spiro atoms. The van der Waals surface area contributed by atoms with Crippen molar-refractivity contribution in [3.05, 3.63) is 0 Å². The zero-order chi connectivity index (χ0) is 52.0. The van der Waals surface area contributed by atoms with E-state index in [-0.39, 0.29) is 32.2 Å². The van der Waals surface area contributed by atoms with Gasteiger partial charge in [0.2, 0.25) is 0 Å². The summed E-state index contributed by atoms with van der Waals surface area (Å²) in [4.78, 5) is 37.0. The fourth-order valence-electron chi connectivity index (χ4n) is 9.54. The second-order valence-corrected chi connectivity index (χ2v) is 22.7. The minimum absolute atomic E-state index is 0.153. The van der Waals surface area contributed by atoms with E-state index in [2.05, 4.69) is 13.8 Å². The van der Waals surface area contributed by atoms with Crippen LogP contribution in [0.4, 0.5) is 0 Å². The minimum atomic E-state index is -1.61. The van der Waals surface area contributed by atoms with Crippen LogP contribution in [0.1, 0.15) is 322 Å². The van der Waals surface area contributed by atoms with E-state index >= 15 is 0 Å². The molecule has 0 aromatic carbocycles. The lowest BCUT2D eigenvalue weighted by atomic mass is 10.0. The van der Waals surface area contributed by atoms with Crippen molar-refractivity contribution in [1.82, 2.24) is 0 Å². The van der Waals surface area contributed by atoms with E-state index in [4.69, 9.17) is 18.9 Å². The van der Waals surface area contributed by atoms with Crippen molar-refractivity contribution in [1.29, 1.82) is 0 Å². The number of likely N-dealkylation sites (N-methyl/N-ethyl adjacent to an activating group) is 1. The first-order valence-corrected chi connectivity index (χ1v) is 31.2. The maximum absolute atomic E-state index is 12.8. The summed E-state index contributed by atoms with van der Waals surface area (Å²) < 4.78 is 22.6. The van der Waals surface area contributed by atoms with Crippen molar-refractivity contribution in [3.8, 4) is 0 Å². The molecule has 0 bridgehead atoms. The lowest BCUT2D eigenvalue weighted by Crippen LogP contribution is -2.44. The molecule has 9 heteroatoms. The Hall–Kier alpha value is -1.71. The Kier molecular flexibility index (Phi) is 53.2. The fourth-order valence-corrected chi connectivity index (χ4v) is 9.54. The number of esters is 2. The maximum Gasteiger partial charge on any atom is 0.306 e. The van der Waals surface area contributed by atoms with Crippen LogP contribution in [0.25, 0.3) is 0 Å². The van der Waals surface area contributed by atoms with Crippen LogP contribution < -0.4 is 5.11 Å². The lowest BCUT2D eigenvalue weighted by molar-refractivity contribution is -0.870. The molecule has 0 amide bonds. The average molecular weight is 1010 g/mol. The molecule has 2 atom stereocenters. The monoisotopic (exact) mass is 1010 g/mol. The van der Waals surface area contributed by atoms with E-state index in [1.807, 2.05) is 21.1 Å². The molecular weight excluding hydrogens is 887 g/mol. The summed E-state index contributed by atoms with van der Waals surface area (Å²) in [6.45, 7) is 4.76. The molecule has 2 unspecified atom stereocenters. The molecular formula is C62H121NO8. The van der Waals surface area contributed by atoms with Gasteiger partial charge in [-0.1, -0.05) is 296 Å². The van der Waals surface area contributed by atoms with E-state index in [1.54, 1.807) is 0 Å². The number of unbranched alkanes of at least 4 members (excludes halogenated alkanes) is 44. The third kappa shape index (κ3) is 55.9. The minimum Gasteiger partial charge on any atom is -0.545 e. The third-order valence-electron chi connectivity index (χ3n) is 14.4. The number of quaternary nitrogens is 1. The smallest absolute Gasteiger partial charge is 0.306 e. The van der Waals surface area contributed by atoms with Gasteiger partial charge < -0.3 is 33.3 Å². The molecule has 0 saturated carbocycles. The Morgan fingerprint density at radius 1 is 0.366 bits per heavy atom. The number of rotatable bonds is 59. The summed E-state index contributed by atoms with van der Waals surface area (Å²) >= 11 is 0. The van der Waals surface area contributed by atoms with Crippen LogP contribution in [0.2, 0.25) is 0 Å². The summed E-state index contributed by atoms with van der Waals surface area (Å²) in [5.74, 6) is -2.26. The number of carboxylic acid groups (broad SMARTS) is 1. The van der Waals surface area contributed by atoms with E-state index in [1.165, 1.54) is 257 Å². The summed E-state index contributed by atoms with van der Waals surface area (Å²) in [5, 5.41) is 11.7. The van der Waals surface area contributed by atoms with Crippen LogP contribution in [0, 0.1) is 0 Å². The van der Waals surface area contributed by atoms with E-state index in [0.29, 0.717) is 17.4 Å². The average Bonchev–Trinajstić information content (AvgIpc) is 3.34. The van der Waals surface area contributed by atoms with Gasteiger partial charge in [-0.2, -0.15) is 0 Å². The number of hydrogen-bond donors (Lipinski definition) is 0. The van der Waals surface area contributed by atoms with Gasteiger partial charge in [0.05, 0.1) is 40.3 Å². The Bertz CT molecular complexity index is 1130. The number of carboxylic acids is 1. The molecule has 9 nitrogen and oxygen atoms in total. The molecule has 0 radical (unpaired) electrons. The number of ether oxygens (including phenoxy) is 4. The molecule has 0 rings (SSSR count). The number of carbonyl (C=O) groups excluding carboxylic acids is 3. The number of aliphatic carboxylic acids is 1. The molecule has 0 saturated heterocycles. The zero-order valence-electron chi connectivity index (χ0n) is 48.1. The molecule has 0 N–H and O–H groups in total. The predicted octanol–water partition coefficient (Wildman–Crippen LogP) is 17.0. The molecule has 0 aromatic heterocycles. The van der Waals surface area contributed by atoms with Crippen molar-refractivity contribution >= 4 is 17.9 Å². The van der Waals surface area contributed by atoms with Gasteiger partial charge in [0.15, 0.2) is 12.4 Å². The molecule has 0 aliphatic rings. The van der Waals surface area contributed by atoms with Crippen molar-refractivity contribution in [2.24, 2.45) is 0 Å². The second-order valence-electron chi connectivity index (χ2n) is 22.7. The van der Waals surface area contributed by atoms with E-state index in [0.717, 1.165) is 38.5 Å². The van der Waals surface area contributed by atoms with Crippen LogP contribution in [0.3, 0.4) is 0 Å². The Morgan fingerprint density at radius 3 is 0.901 bits per heavy atom. The van der Waals surface area contributed by atoms with E-state index in [9.17, 15) is 19.5 Å². The molecule has 422 valence electrons. The van der Waals surface area contributed by atoms with Gasteiger partial charge in [-0.05, 0) is 12.8 Å². The Morgan fingerprint density at radius 2 is 0.634 bits per heavy atom. The number of nitrogens with zero attached hydrogens (tertiary/aromatic N) is 1. The van der Waals surface area contributed by atoms with Crippen LogP contribution in [0.5, 0.6) is 0 Å². The molecule has 0 fully saturated rings. The van der Waals surface area contributed by atoms with Crippen LogP contribution in [-0.2, 0) is 33.3 Å². The molecule has 0 aromatic rings. The summed E-state index contributed by atoms with van der Waals surface area (Å²) in [6, 6.07) is 0. The molecule has 0 heterocycles. The Balaban J connectivity index is 3.80. The molecule has 71 heavy (non-hydrogen) atoms. The largest absolute Gasteiger partial charge is 0.545 e. The number of carbonyl (C=O) groups is 3. The van der Waals surface area contributed by atoms with Gasteiger partial charge >= 0.3 is 11.9 Å². The van der Waals surface area contributed by atoms with Gasteiger partial charge in [-0.15, -0.1) is 0 Å². The zero-order valence-corrected chi connectivity index (χ0v) is 48.1. The van der Waals surface area contributed by atoms with Gasteiger partial charge in [0.25, 0.3) is 0 Å². The van der Waals surface area contributed by atoms with Gasteiger partial charge in [-0.3, -0.25) is 9.59 Å².